The minimum atomic E-state index is -0.701. The molecule has 0 aliphatic heterocycles. The second-order valence-electron chi connectivity index (χ2n) is 7.78. The van der Waals surface area contributed by atoms with Crippen LogP contribution >= 0.6 is 0 Å². The summed E-state index contributed by atoms with van der Waals surface area (Å²) in [6.07, 6.45) is 2.73. The van der Waals surface area contributed by atoms with Crippen LogP contribution in [0.5, 0.6) is 5.75 Å². The third-order valence-corrected chi connectivity index (χ3v) is 5.69. The van der Waals surface area contributed by atoms with Crippen molar-refractivity contribution >= 4 is 12.8 Å². The van der Waals surface area contributed by atoms with Gasteiger partial charge in [0.1, 0.15) is 11.6 Å². The van der Waals surface area contributed by atoms with Gasteiger partial charge in [0.15, 0.2) is 0 Å². The molecule has 0 aliphatic rings. The van der Waals surface area contributed by atoms with Crippen molar-refractivity contribution < 1.29 is 9.13 Å². The van der Waals surface area contributed by atoms with Crippen molar-refractivity contribution in [3.8, 4) is 17.5 Å². The second kappa shape index (κ2) is 9.51. The summed E-state index contributed by atoms with van der Waals surface area (Å²) in [7, 11) is 1.60. The van der Waals surface area contributed by atoms with Gasteiger partial charge in [-0.25, -0.2) is 9.18 Å². The summed E-state index contributed by atoms with van der Waals surface area (Å²) >= 11 is 0. The highest BCUT2D eigenvalue weighted by molar-refractivity contribution is 5.43. The molecular weight excluding hydrogens is 431 g/mol. The van der Waals surface area contributed by atoms with Gasteiger partial charge in [-0.1, -0.05) is 36.9 Å². The fourth-order valence-corrected chi connectivity index (χ4v) is 4.02. The van der Waals surface area contributed by atoms with E-state index in [-0.39, 0.29) is 11.3 Å². The molecule has 0 fully saturated rings. The highest BCUT2D eigenvalue weighted by Crippen LogP contribution is 2.19. The van der Waals surface area contributed by atoms with Gasteiger partial charge in [0.25, 0.3) is 0 Å². The first-order chi connectivity index (χ1) is 16.5. The Labute approximate surface area is 195 Å². The lowest BCUT2D eigenvalue weighted by Crippen LogP contribution is -2.18. The molecule has 1 heterocycles. The Bertz CT molecular complexity index is 1670. The lowest BCUT2D eigenvalue weighted by Gasteiger charge is -2.10. The van der Waals surface area contributed by atoms with Gasteiger partial charge in [0.2, 0.25) is 0 Å². The number of rotatable bonds is 5. The number of halogens is 1. The summed E-state index contributed by atoms with van der Waals surface area (Å²) in [6.45, 7) is 4.13. The third-order valence-electron chi connectivity index (χ3n) is 5.69. The molecule has 0 aliphatic carbocycles. The normalized spacial score (nSPS) is 12.4. The van der Waals surface area contributed by atoms with E-state index in [9.17, 15) is 9.18 Å². The van der Waals surface area contributed by atoms with Gasteiger partial charge in [0, 0.05) is 11.4 Å². The molecule has 0 bridgehead atoms. The molecule has 6 nitrogen and oxygen atoms in total. The van der Waals surface area contributed by atoms with Crippen molar-refractivity contribution in [2.24, 2.45) is 5.73 Å². The Hall–Kier alpha value is -4.57. The average molecular weight is 455 g/mol. The average Bonchev–Trinajstić information content (AvgIpc) is 3.19. The van der Waals surface area contributed by atoms with E-state index < -0.39 is 11.5 Å². The summed E-state index contributed by atoms with van der Waals surface area (Å²) in [4.78, 5) is 15.6. The van der Waals surface area contributed by atoms with Crippen molar-refractivity contribution in [3.63, 3.8) is 0 Å². The number of aryl methyl sites for hydroxylation is 2. The number of ether oxygens (including phenoxy) is 1. The van der Waals surface area contributed by atoms with Gasteiger partial charge >= 0.3 is 5.69 Å². The zero-order chi connectivity index (χ0) is 24.2. The highest BCUT2D eigenvalue weighted by Gasteiger charge is 2.13. The van der Waals surface area contributed by atoms with E-state index in [0.29, 0.717) is 33.3 Å². The standard InChI is InChI=1S/C27H23FN4O2/c1-17-12-25(34-2)20(10-8-18-6-4-3-5-7-18)14-21(17)26-23(16-30)31-27(33)32(26)24-11-9-19(15-29)13-22(24)28/h3-7,9,11-14,16H,1,8,10,30H2,2H3,(H,31,33)/b23-16+,26-21+. The first kappa shape index (κ1) is 22.6. The molecule has 34 heavy (non-hydrogen) atoms. The molecule has 0 saturated heterocycles. The van der Waals surface area contributed by atoms with Crippen LogP contribution in [-0.2, 0) is 12.8 Å². The summed E-state index contributed by atoms with van der Waals surface area (Å²) in [5.74, 6) is -0.0228. The fourth-order valence-electron chi connectivity index (χ4n) is 4.02. The molecule has 0 saturated carbocycles. The van der Waals surface area contributed by atoms with Crippen LogP contribution in [0.1, 0.15) is 16.7 Å². The van der Waals surface area contributed by atoms with Crippen molar-refractivity contribution in [3.05, 3.63) is 115 Å². The van der Waals surface area contributed by atoms with E-state index in [1.54, 1.807) is 13.2 Å². The minimum absolute atomic E-state index is 0.00408. The number of hydrogen-bond donors (Lipinski definition) is 2. The maximum absolute atomic E-state index is 14.9. The van der Waals surface area contributed by atoms with E-state index in [1.807, 2.05) is 30.3 Å². The quantitative estimate of drug-likeness (QED) is 0.484. The molecule has 0 amide bonds. The molecule has 0 spiro atoms. The van der Waals surface area contributed by atoms with Crippen LogP contribution in [-0.4, -0.2) is 16.7 Å². The van der Waals surface area contributed by atoms with Crippen molar-refractivity contribution in [2.45, 2.75) is 12.8 Å². The number of benzene rings is 3. The van der Waals surface area contributed by atoms with E-state index in [0.717, 1.165) is 18.1 Å². The van der Waals surface area contributed by atoms with Crippen LogP contribution in [0.15, 0.2) is 65.5 Å². The maximum atomic E-state index is 14.9. The van der Waals surface area contributed by atoms with Crippen LogP contribution in [0, 0.1) is 27.7 Å². The summed E-state index contributed by atoms with van der Waals surface area (Å²) in [5.41, 5.74) is 7.51. The molecule has 0 atom stereocenters. The maximum Gasteiger partial charge on any atom is 0.331 e. The number of aromatic nitrogens is 2. The number of nitrogens with zero attached hydrogens (tertiary/aromatic N) is 2. The van der Waals surface area contributed by atoms with E-state index in [1.165, 1.54) is 28.5 Å². The van der Waals surface area contributed by atoms with Gasteiger partial charge in [0.05, 0.1) is 35.1 Å². The minimum Gasteiger partial charge on any atom is -0.496 e. The molecule has 170 valence electrons. The van der Waals surface area contributed by atoms with Gasteiger partial charge in [-0.3, -0.25) is 4.57 Å². The molecule has 4 aromatic rings. The number of hydrogen-bond acceptors (Lipinski definition) is 4. The number of methoxy groups -OCH3 is 1. The van der Waals surface area contributed by atoms with Crippen molar-refractivity contribution in [1.82, 2.24) is 9.55 Å². The van der Waals surface area contributed by atoms with Crippen molar-refractivity contribution in [2.75, 3.05) is 7.11 Å². The largest absolute Gasteiger partial charge is 0.496 e. The number of aromatic amines is 1. The molecule has 3 aromatic carbocycles. The smallest absolute Gasteiger partial charge is 0.331 e. The second-order valence-corrected chi connectivity index (χ2v) is 7.78. The number of nitrogens with two attached hydrogens (primary N) is 1. The highest BCUT2D eigenvalue weighted by atomic mass is 19.1. The SMILES string of the molecule is C=c1cc(OC)c(CCc2ccccc2)c/c1=c1/c(=C\N)[nH]c(=O)n1-c1ccc(C#N)cc1F. The molecule has 4 rings (SSSR count). The molecule has 1 aromatic heterocycles. The summed E-state index contributed by atoms with van der Waals surface area (Å²) in [5, 5.41) is 11.0. The number of H-pyrrole nitrogens is 1. The fraction of sp³-hybridized carbons (Fsp3) is 0.111. The van der Waals surface area contributed by atoms with Crippen LogP contribution < -0.4 is 26.7 Å². The Morgan fingerprint density at radius 2 is 1.94 bits per heavy atom. The van der Waals surface area contributed by atoms with E-state index in [2.05, 4.69) is 23.7 Å². The molecule has 3 N–H and O–H groups in total. The molecule has 7 heteroatoms. The summed E-state index contributed by atoms with van der Waals surface area (Å²) < 4.78 is 21.7. The van der Waals surface area contributed by atoms with Gasteiger partial charge in [-0.15, -0.1) is 0 Å². The first-order valence-corrected chi connectivity index (χ1v) is 10.6. The first-order valence-electron chi connectivity index (χ1n) is 10.6. The number of nitrogens with one attached hydrogen (secondary N) is 1. The summed E-state index contributed by atoms with van der Waals surface area (Å²) in [6, 6.07) is 19.6. The van der Waals surface area contributed by atoms with E-state index >= 15 is 0 Å². The monoisotopic (exact) mass is 454 g/mol. The van der Waals surface area contributed by atoms with Crippen molar-refractivity contribution in [1.29, 1.82) is 5.26 Å². The molecular formula is C27H23FN4O2. The molecule has 0 unspecified atom stereocenters. The third kappa shape index (κ3) is 4.21. The van der Waals surface area contributed by atoms with Crippen LogP contribution in [0.4, 0.5) is 4.39 Å². The Morgan fingerprint density at radius 1 is 1.18 bits per heavy atom. The Balaban J connectivity index is 2.03. The zero-order valence-corrected chi connectivity index (χ0v) is 18.6. The van der Waals surface area contributed by atoms with Gasteiger partial charge in [-0.2, -0.15) is 5.26 Å². The lowest BCUT2D eigenvalue weighted by molar-refractivity contribution is 0.409. The van der Waals surface area contributed by atoms with E-state index in [4.69, 9.17) is 15.7 Å². The molecule has 0 radical (unpaired) electrons. The zero-order valence-electron chi connectivity index (χ0n) is 18.6. The predicted molar refractivity (Wildman–Crippen MR) is 129 cm³/mol. The Kier molecular flexibility index (Phi) is 6.33. The Morgan fingerprint density at radius 3 is 2.59 bits per heavy atom. The van der Waals surface area contributed by atoms with Gasteiger partial charge in [-0.05, 0) is 59.5 Å². The predicted octanol–water partition coefficient (Wildman–Crippen LogP) is 2.36. The number of nitriles is 1. The van der Waals surface area contributed by atoms with Crippen LogP contribution in [0.2, 0.25) is 0 Å². The van der Waals surface area contributed by atoms with Gasteiger partial charge < -0.3 is 15.5 Å². The lowest BCUT2D eigenvalue weighted by atomic mass is 10.0. The van der Waals surface area contributed by atoms with Crippen LogP contribution in [0.3, 0.4) is 0 Å². The topological polar surface area (TPSA) is 96.8 Å². The number of imidazole rings is 1. The van der Waals surface area contributed by atoms with Crippen LogP contribution in [0.25, 0.3) is 18.5 Å².